The van der Waals surface area contributed by atoms with E-state index in [4.69, 9.17) is 37.9 Å². The molecular formula is C25H43NO9. The maximum Gasteiger partial charge on any atom is 0.407 e. The van der Waals surface area contributed by atoms with Gasteiger partial charge in [-0.25, -0.2) is 4.79 Å². The van der Waals surface area contributed by atoms with Gasteiger partial charge in [-0.05, 0) is 32.9 Å². The van der Waals surface area contributed by atoms with Crippen LogP contribution in [0.4, 0.5) is 4.79 Å². The average Bonchev–Trinajstić information content (AvgIpc) is 2.82. The molecule has 1 aromatic carbocycles. The number of benzene rings is 1. The summed E-state index contributed by atoms with van der Waals surface area (Å²) in [5.74, 6) is 0.841. The van der Waals surface area contributed by atoms with Crippen LogP contribution in [0.2, 0.25) is 0 Å². The molecule has 10 nitrogen and oxygen atoms in total. The van der Waals surface area contributed by atoms with Gasteiger partial charge in [-0.1, -0.05) is 18.2 Å². The second-order valence-corrected chi connectivity index (χ2v) is 8.26. The van der Waals surface area contributed by atoms with Crippen molar-refractivity contribution in [2.75, 3.05) is 92.4 Å². The zero-order chi connectivity index (χ0) is 25.5. The summed E-state index contributed by atoms with van der Waals surface area (Å²) in [6.45, 7) is 12.2. The van der Waals surface area contributed by atoms with Crippen LogP contribution in [-0.4, -0.2) is 104 Å². The topological polar surface area (TPSA) is 103 Å². The second-order valence-electron chi connectivity index (χ2n) is 8.26. The highest BCUT2D eigenvalue weighted by Crippen LogP contribution is 2.07. The van der Waals surface area contributed by atoms with Crippen LogP contribution in [0.1, 0.15) is 20.8 Å². The molecule has 0 bridgehead atoms. The lowest BCUT2D eigenvalue weighted by Crippen LogP contribution is -2.34. The minimum Gasteiger partial charge on any atom is -0.491 e. The van der Waals surface area contributed by atoms with Crippen LogP contribution in [0.3, 0.4) is 0 Å². The van der Waals surface area contributed by atoms with E-state index in [0.29, 0.717) is 92.4 Å². The lowest BCUT2D eigenvalue weighted by molar-refractivity contribution is -0.0177. The summed E-state index contributed by atoms with van der Waals surface area (Å²) < 4.78 is 43.2. The Hall–Kier alpha value is -1.95. The Morgan fingerprint density at radius 1 is 0.629 bits per heavy atom. The maximum atomic E-state index is 11.4. The van der Waals surface area contributed by atoms with Gasteiger partial charge in [0, 0.05) is 6.54 Å². The van der Waals surface area contributed by atoms with Gasteiger partial charge in [-0.2, -0.15) is 0 Å². The number of carbonyl (C=O) groups is 1. The molecule has 1 rings (SSSR count). The first-order valence-electron chi connectivity index (χ1n) is 12.1. The number of para-hydroxylation sites is 1. The van der Waals surface area contributed by atoms with Gasteiger partial charge in [0.1, 0.15) is 18.0 Å². The first-order chi connectivity index (χ1) is 17.0. The van der Waals surface area contributed by atoms with E-state index in [1.807, 2.05) is 51.1 Å². The predicted molar refractivity (Wildman–Crippen MR) is 131 cm³/mol. The van der Waals surface area contributed by atoms with Crippen molar-refractivity contribution in [3.05, 3.63) is 30.3 Å². The Morgan fingerprint density at radius 2 is 1.03 bits per heavy atom. The van der Waals surface area contributed by atoms with E-state index >= 15 is 0 Å². The molecule has 0 atom stereocenters. The van der Waals surface area contributed by atoms with Gasteiger partial charge in [0.2, 0.25) is 0 Å². The fourth-order valence-electron chi connectivity index (χ4n) is 2.48. The molecule has 202 valence electrons. The lowest BCUT2D eigenvalue weighted by Gasteiger charge is -2.19. The highest BCUT2D eigenvalue weighted by Gasteiger charge is 2.15. The van der Waals surface area contributed by atoms with E-state index in [-0.39, 0.29) is 0 Å². The molecule has 0 aliphatic heterocycles. The molecule has 0 aliphatic rings. The van der Waals surface area contributed by atoms with Crippen molar-refractivity contribution in [3.8, 4) is 5.75 Å². The van der Waals surface area contributed by atoms with Crippen molar-refractivity contribution in [2.45, 2.75) is 26.4 Å². The summed E-state index contributed by atoms with van der Waals surface area (Å²) in [6, 6.07) is 9.65. The molecule has 1 amide bonds. The molecule has 0 spiro atoms. The molecule has 0 aliphatic carbocycles. The van der Waals surface area contributed by atoms with Gasteiger partial charge in [0.25, 0.3) is 0 Å². The number of amides is 1. The zero-order valence-electron chi connectivity index (χ0n) is 21.5. The fraction of sp³-hybridized carbons (Fsp3) is 0.720. The van der Waals surface area contributed by atoms with E-state index in [9.17, 15) is 4.79 Å². The summed E-state index contributed by atoms with van der Waals surface area (Å²) in [5, 5.41) is 2.63. The smallest absolute Gasteiger partial charge is 0.407 e. The van der Waals surface area contributed by atoms with E-state index in [2.05, 4.69) is 5.32 Å². The van der Waals surface area contributed by atoms with E-state index in [1.54, 1.807) is 0 Å². The van der Waals surface area contributed by atoms with Gasteiger partial charge in [0.05, 0.1) is 79.3 Å². The number of rotatable bonds is 22. The summed E-state index contributed by atoms with van der Waals surface area (Å²) in [5.41, 5.74) is -0.503. The Morgan fingerprint density at radius 3 is 1.46 bits per heavy atom. The Balaban J connectivity index is 1.69. The molecule has 0 fully saturated rings. The molecule has 0 unspecified atom stereocenters. The van der Waals surface area contributed by atoms with Crippen LogP contribution in [0.15, 0.2) is 30.3 Å². The predicted octanol–water partition coefficient (Wildman–Crippen LogP) is 2.69. The first kappa shape index (κ1) is 31.1. The van der Waals surface area contributed by atoms with E-state index < -0.39 is 11.7 Å². The maximum absolute atomic E-state index is 11.4. The molecule has 1 N–H and O–H groups in total. The Bertz CT molecular complexity index is 611. The molecule has 0 saturated heterocycles. The number of hydrogen-bond donors (Lipinski definition) is 1. The second kappa shape index (κ2) is 21.3. The molecule has 10 heteroatoms. The van der Waals surface area contributed by atoms with Crippen molar-refractivity contribution in [3.63, 3.8) is 0 Å². The molecule has 0 radical (unpaired) electrons. The number of alkyl carbamates (subject to hydrolysis) is 1. The van der Waals surface area contributed by atoms with Gasteiger partial charge in [0.15, 0.2) is 0 Å². The summed E-state index contributed by atoms with van der Waals surface area (Å²) >= 11 is 0. The highest BCUT2D eigenvalue weighted by molar-refractivity contribution is 5.67. The SMILES string of the molecule is CC(C)(C)OC(=O)NCCOCCOCCOCCOCCOCCOCCOc1ccccc1. The summed E-state index contributed by atoms with van der Waals surface area (Å²) in [4.78, 5) is 11.4. The van der Waals surface area contributed by atoms with Crippen molar-refractivity contribution in [1.29, 1.82) is 0 Å². The van der Waals surface area contributed by atoms with Crippen LogP contribution in [0.5, 0.6) is 5.75 Å². The van der Waals surface area contributed by atoms with E-state index in [0.717, 1.165) is 5.75 Å². The van der Waals surface area contributed by atoms with Gasteiger partial charge in [-0.3, -0.25) is 0 Å². The number of hydrogen-bond acceptors (Lipinski definition) is 9. The van der Waals surface area contributed by atoms with Crippen LogP contribution in [0, 0.1) is 0 Å². The third-order valence-corrected chi connectivity index (χ3v) is 4.01. The molecule has 0 aromatic heterocycles. The minimum atomic E-state index is -0.503. The Labute approximate surface area is 209 Å². The fourth-order valence-corrected chi connectivity index (χ4v) is 2.48. The summed E-state index contributed by atoms with van der Waals surface area (Å²) in [7, 11) is 0. The minimum absolute atomic E-state index is 0.390. The average molecular weight is 502 g/mol. The standard InChI is InChI=1S/C25H43NO9/c1-25(2,3)35-24(27)26-9-10-28-11-12-29-13-14-30-15-16-31-17-18-32-19-20-33-21-22-34-23-7-5-4-6-8-23/h4-8H,9-22H2,1-3H3,(H,26,27). The van der Waals surface area contributed by atoms with Crippen molar-refractivity contribution >= 4 is 6.09 Å². The van der Waals surface area contributed by atoms with Crippen LogP contribution in [0.25, 0.3) is 0 Å². The van der Waals surface area contributed by atoms with Crippen LogP contribution >= 0.6 is 0 Å². The quantitative estimate of drug-likeness (QED) is 0.240. The molecule has 35 heavy (non-hydrogen) atoms. The molecular weight excluding hydrogens is 458 g/mol. The van der Waals surface area contributed by atoms with Crippen LogP contribution < -0.4 is 10.1 Å². The zero-order valence-corrected chi connectivity index (χ0v) is 21.5. The van der Waals surface area contributed by atoms with Crippen molar-refractivity contribution in [1.82, 2.24) is 5.32 Å². The van der Waals surface area contributed by atoms with Gasteiger partial charge >= 0.3 is 6.09 Å². The number of nitrogens with one attached hydrogen (secondary N) is 1. The van der Waals surface area contributed by atoms with Crippen LogP contribution in [-0.2, 0) is 33.2 Å². The molecule has 0 heterocycles. The molecule has 0 saturated carbocycles. The normalized spacial score (nSPS) is 11.4. The number of carbonyl (C=O) groups excluding carboxylic acids is 1. The summed E-state index contributed by atoms with van der Waals surface area (Å²) in [6.07, 6.45) is -0.447. The van der Waals surface area contributed by atoms with Crippen molar-refractivity contribution in [2.24, 2.45) is 0 Å². The first-order valence-corrected chi connectivity index (χ1v) is 12.1. The molecule has 1 aromatic rings. The number of ether oxygens (including phenoxy) is 8. The van der Waals surface area contributed by atoms with E-state index in [1.165, 1.54) is 0 Å². The van der Waals surface area contributed by atoms with Gasteiger partial charge < -0.3 is 43.2 Å². The third-order valence-electron chi connectivity index (χ3n) is 4.01. The third kappa shape index (κ3) is 22.3. The monoisotopic (exact) mass is 501 g/mol. The van der Waals surface area contributed by atoms with Crippen molar-refractivity contribution < 1.29 is 42.7 Å². The largest absolute Gasteiger partial charge is 0.491 e. The Kier molecular flexibility index (Phi) is 19.0. The van der Waals surface area contributed by atoms with Gasteiger partial charge in [-0.15, -0.1) is 0 Å². The lowest BCUT2D eigenvalue weighted by atomic mass is 10.2. The highest BCUT2D eigenvalue weighted by atomic mass is 16.6.